The van der Waals surface area contributed by atoms with Gasteiger partial charge in [0.25, 0.3) is 5.91 Å². The zero-order valence-corrected chi connectivity index (χ0v) is 14.6. The Labute approximate surface area is 151 Å². The van der Waals surface area contributed by atoms with E-state index in [1.807, 2.05) is 31.2 Å². The molecule has 0 fully saturated rings. The molecule has 0 saturated heterocycles. The number of anilines is 3. The topological polar surface area (TPSA) is 66.9 Å². The van der Waals surface area contributed by atoms with Gasteiger partial charge in [0.05, 0.1) is 0 Å². The van der Waals surface area contributed by atoms with Crippen LogP contribution in [0.25, 0.3) is 0 Å². The van der Waals surface area contributed by atoms with Crippen LogP contribution in [0.15, 0.2) is 54.6 Å². The van der Waals surface area contributed by atoms with Gasteiger partial charge in [-0.05, 0) is 55.8 Å². The monoisotopic (exact) mass is 352 g/mol. The molecule has 2 aromatic carbocycles. The minimum Gasteiger partial charge on any atom is -0.340 e. The molecule has 0 aliphatic carbocycles. The van der Waals surface area contributed by atoms with Crippen LogP contribution in [0.3, 0.4) is 0 Å². The molecule has 6 heteroatoms. The van der Waals surface area contributed by atoms with E-state index in [-0.39, 0.29) is 11.6 Å². The molecule has 5 nitrogen and oxygen atoms in total. The van der Waals surface area contributed by atoms with Crippen molar-refractivity contribution in [2.24, 2.45) is 0 Å². The third kappa shape index (κ3) is 4.55. The van der Waals surface area contributed by atoms with Crippen molar-refractivity contribution in [2.75, 3.05) is 10.6 Å². The van der Waals surface area contributed by atoms with Crippen molar-refractivity contribution in [1.29, 1.82) is 0 Å². The fourth-order valence-corrected chi connectivity index (χ4v) is 2.47. The van der Waals surface area contributed by atoms with Crippen LogP contribution in [0, 0.1) is 13.8 Å². The molecule has 0 spiro atoms. The smallest absolute Gasteiger partial charge is 0.274 e. The van der Waals surface area contributed by atoms with E-state index in [1.54, 1.807) is 37.3 Å². The van der Waals surface area contributed by atoms with Gasteiger partial charge in [-0.1, -0.05) is 23.7 Å². The molecule has 0 bridgehead atoms. The minimum atomic E-state index is -0.305. The fourth-order valence-electron chi connectivity index (χ4n) is 2.35. The third-order valence-electron chi connectivity index (χ3n) is 3.46. The lowest BCUT2D eigenvalue weighted by molar-refractivity contribution is 0.102. The Morgan fingerprint density at radius 1 is 0.960 bits per heavy atom. The summed E-state index contributed by atoms with van der Waals surface area (Å²) in [5, 5.41) is 6.61. The number of benzene rings is 2. The number of nitrogens with one attached hydrogen (secondary N) is 2. The van der Waals surface area contributed by atoms with Gasteiger partial charge in [0.15, 0.2) is 0 Å². The summed E-state index contributed by atoms with van der Waals surface area (Å²) in [6.07, 6.45) is 0. The number of carbonyl (C=O) groups excluding carboxylic acids is 1. The molecule has 0 unspecified atom stereocenters. The summed E-state index contributed by atoms with van der Waals surface area (Å²) in [6, 6.07) is 16.4. The van der Waals surface area contributed by atoms with Crippen molar-refractivity contribution >= 4 is 34.7 Å². The molecule has 3 rings (SSSR count). The van der Waals surface area contributed by atoms with Crippen LogP contribution in [0.2, 0.25) is 5.02 Å². The number of carbonyl (C=O) groups is 1. The average Bonchev–Trinajstić information content (AvgIpc) is 2.56. The predicted molar refractivity (Wildman–Crippen MR) is 101 cm³/mol. The quantitative estimate of drug-likeness (QED) is 0.711. The molecule has 0 aliphatic heterocycles. The Kier molecular flexibility index (Phi) is 4.95. The zero-order chi connectivity index (χ0) is 17.8. The second-order valence-electron chi connectivity index (χ2n) is 5.64. The van der Waals surface area contributed by atoms with Gasteiger partial charge in [0.1, 0.15) is 17.3 Å². The molecule has 1 aromatic heterocycles. The second-order valence-corrected chi connectivity index (χ2v) is 6.08. The molecule has 25 heavy (non-hydrogen) atoms. The highest BCUT2D eigenvalue weighted by atomic mass is 35.5. The van der Waals surface area contributed by atoms with Gasteiger partial charge >= 0.3 is 0 Å². The van der Waals surface area contributed by atoms with Gasteiger partial charge in [-0.25, -0.2) is 9.97 Å². The molecule has 3 aromatic rings. The van der Waals surface area contributed by atoms with Crippen LogP contribution < -0.4 is 10.6 Å². The van der Waals surface area contributed by atoms with Gasteiger partial charge < -0.3 is 10.6 Å². The number of nitrogens with zero attached hydrogens (tertiary/aromatic N) is 2. The standard InChI is InChI=1S/C19H17ClN4O/c1-12-4-3-5-16(10-12)23-18-11-17(21-13(2)22-18)19(25)24-15-8-6-14(20)7-9-15/h3-11H,1-2H3,(H,24,25)(H,21,22,23). The highest BCUT2D eigenvalue weighted by Crippen LogP contribution is 2.18. The van der Waals surface area contributed by atoms with Crippen molar-refractivity contribution in [3.05, 3.63) is 76.7 Å². The van der Waals surface area contributed by atoms with E-state index in [4.69, 9.17) is 11.6 Å². The van der Waals surface area contributed by atoms with Crippen LogP contribution >= 0.6 is 11.6 Å². The first kappa shape index (κ1) is 16.9. The van der Waals surface area contributed by atoms with Gasteiger partial charge in [-0.3, -0.25) is 4.79 Å². The Morgan fingerprint density at radius 3 is 2.44 bits per heavy atom. The maximum absolute atomic E-state index is 12.4. The average molecular weight is 353 g/mol. The van der Waals surface area contributed by atoms with Crippen molar-refractivity contribution in [3.63, 3.8) is 0 Å². The number of amides is 1. The van der Waals surface area contributed by atoms with Crippen molar-refractivity contribution in [2.45, 2.75) is 13.8 Å². The summed E-state index contributed by atoms with van der Waals surface area (Å²) in [5.74, 6) is 0.776. The van der Waals surface area contributed by atoms with Gasteiger partial charge in [-0.15, -0.1) is 0 Å². The Bertz CT molecular complexity index is 910. The summed E-state index contributed by atoms with van der Waals surface area (Å²) in [5.41, 5.74) is 2.98. The first-order chi connectivity index (χ1) is 12.0. The first-order valence-electron chi connectivity index (χ1n) is 7.76. The lowest BCUT2D eigenvalue weighted by Crippen LogP contribution is -2.15. The first-order valence-corrected chi connectivity index (χ1v) is 8.14. The van der Waals surface area contributed by atoms with Crippen molar-refractivity contribution in [3.8, 4) is 0 Å². The molecule has 1 heterocycles. The molecule has 2 N–H and O–H groups in total. The third-order valence-corrected chi connectivity index (χ3v) is 3.72. The number of rotatable bonds is 4. The molecule has 0 radical (unpaired) electrons. The van der Waals surface area contributed by atoms with E-state index in [9.17, 15) is 4.79 Å². The van der Waals surface area contributed by atoms with Gasteiger partial charge in [0.2, 0.25) is 0 Å². The zero-order valence-electron chi connectivity index (χ0n) is 13.9. The van der Waals surface area contributed by atoms with E-state index in [0.29, 0.717) is 22.4 Å². The van der Waals surface area contributed by atoms with Crippen molar-refractivity contribution < 1.29 is 4.79 Å². The van der Waals surface area contributed by atoms with Crippen LogP contribution in [0.4, 0.5) is 17.2 Å². The van der Waals surface area contributed by atoms with Crippen LogP contribution in [-0.2, 0) is 0 Å². The number of hydrogen-bond donors (Lipinski definition) is 2. The van der Waals surface area contributed by atoms with E-state index in [1.165, 1.54) is 0 Å². The summed E-state index contributed by atoms with van der Waals surface area (Å²) in [4.78, 5) is 21.0. The molecular weight excluding hydrogens is 336 g/mol. The molecule has 1 amide bonds. The molecule has 0 saturated carbocycles. The van der Waals surface area contributed by atoms with Crippen molar-refractivity contribution in [1.82, 2.24) is 9.97 Å². The maximum atomic E-state index is 12.4. The lowest BCUT2D eigenvalue weighted by Gasteiger charge is -2.10. The van der Waals surface area contributed by atoms with E-state index < -0.39 is 0 Å². The Balaban J connectivity index is 1.80. The Morgan fingerprint density at radius 2 is 1.72 bits per heavy atom. The largest absolute Gasteiger partial charge is 0.340 e. The molecule has 0 atom stereocenters. The lowest BCUT2D eigenvalue weighted by atomic mass is 10.2. The number of aryl methyl sites for hydroxylation is 2. The van der Waals surface area contributed by atoms with E-state index in [0.717, 1.165) is 11.3 Å². The fraction of sp³-hybridized carbons (Fsp3) is 0.105. The number of aromatic nitrogens is 2. The summed E-state index contributed by atoms with van der Waals surface area (Å²) < 4.78 is 0. The van der Waals surface area contributed by atoms with E-state index in [2.05, 4.69) is 20.6 Å². The van der Waals surface area contributed by atoms with Gasteiger partial charge in [-0.2, -0.15) is 0 Å². The number of hydrogen-bond acceptors (Lipinski definition) is 4. The summed E-state index contributed by atoms with van der Waals surface area (Å²) >= 11 is 5.85. The van der Waals surface area contributed by atoms with Crippen LogP contribution in [0.1, 0.15) is 21.9 Å². The molecule has 0 aliphatic rings. The molecule has 126 valence electrons. The second kappa shape index (κ2) is 7.32. The Hall–Kier alpha value is -2.92. The predicted octanol–water partition coefficient (Wildman–Crippen LogP) is 4.74. The number of halogens is 1. The maximum Gasteiger partial charge on any atom is 0.274 e. The normalized spacial score (nSPS) is 10.4. The minimum absolute atomic E-state index is 0.289. The van der Waals surface area contributed by atoms with Gasteiger partial charge in [0, 0.05) is 22.5 Å². The highest BCUT2D eigenvalue weighted by molar-refractivity contribution is 6.30. The van der Waals surface area contributed by atoms with Crippen LogP contribution in [0.5, 0.6) is 0 Å². The summed E-state index contributed by atoms with van der Waals surface area (Å²) in [7, 11) is 0. The van der Waals surface area contributed by atoms with Crippen LogP contribution in [-0.4, -0.2) is 15.9 Å². The van der Waals surface area contributed by atoms with E-state index >= 15 is 0 Å². The summed E-state index contributed by atoms with van der Waals surface area (Å²) in [6.45, 7) is 3.77. The SMILES string of the molecule is Cc1cccc(Nc2cc(C(=O)Nc3ccc(Cl)cc3)nc(C)n2)c1. The highest BCUT2D eigenvalue weighted by Gasteiger charge is 2.11. The molecular formula is C19H17ClN4O.